The van der Waals surface area contributed by atoms with Gasteiger partial charge in [-0.1, -0.05) is 12.1 Å². The van der Waals surface area contributed by atoms with Crippen LogP contribution in [0, 0.1) is 0 Å². The summed E-state index contributed by atoms with van der Waals surface area (Å²) in [6.45, 7) is 1.96. The molecule has 0 unspecified atom stereocenters. The summed E-state index contributed by atoms with van der Waals surface area (Å²) in [6, 6.07) is 7.79. The van der Waals surface area contributed by atoms with Crippen LogP contribution < -0.4 is 20.1 Å². The second-order valence-electron chi connectivity index (χ2n) is 4.90. The summed E-state index contributed by atoms with van der Waals surface area (Å²) < 4.78 is 11.2. The minimum absolute atomic E-state index is 0.108. The Kier molecular flexibility index (Phi) is 3.55. The zero-order valence-corrected chi connectivity index (χ0v) is 10.7. The summed E-state index contributed by atoms with van der Waals surface area (Å²) in [5.41, 5.74) is 0. The topological polar surface area (TPSA) is 59.6 Å². The molecule has 0 radical (unpaired) electrons. The van der Waals surface area contributed by atoms with Crippen molar-refractivity contribution in [3.8, 4) is 11.5 Å². The summed E-state index contributed by atoms with van der Waals surface area (Å²) in [4.78, 5) is 12.0. The number of para-hydroxylation sites is 2. The predicted molar refractivity (Wildman–Crippen MR) is 70.4 cm³/mol. The first kappa shape index (κ1) is 12.3. The molecule has 2 N–H and O–H groups in total. The van der Waals surface area contributed by atoms with Crippen molar-refractivity contribution in [2.75, 3.05) is 19.7 Å². The van der Waals surface area contributed by atoms with Crippen molar-refractivity contribution >= 4 is 5.91 Å². The predicted octanol–water partition coefficient (Wildman–Crippen LogP) is 0.695. The molecule has 0 aliphatic carbocycles. The lowest BCUT2D eigenvalue weighted by Crippen LogP contribution is -2.47. The largest absolute Gasteiger partial charge is 0.485 e. The molecule has 0 saturated carbocycles. The van der Waals surface area contributed by atoms with Crippen LogP contribution in [0.5, 0.6) is 11.5 Å². The van der Waals surface area contributed by atoms with Crippen LogP contribution in [0.4, 0.5) is 0 Å². The van der Waals surface area contributed by atoms with E-state index in [0.29, 0.717) is 24.1 Å². The third-order valence-electron chi connectivity index (χ3n) is 3.49. The van der Waals surface area contributed by atoms with Crippen molar-refractivity contribution < 1.29 is 14.3 Å². The van der Waals surface area contributed by atoms with Crippen molar-refractivity contribution in [1.29, 1.82) is 0 Å². The van der Waals surface area contributed by atoms with Crippen LogP contribution in [0.1, 0.15) is 12.8 Å². The first-order valence-corrected chi connectivity index (χ1v) is 6.72. The van der Waals surface area contributed by atoms with Crippen LogP contribution in [-0.4, -0.2) is 37.7 Å². The molecule has 1 aromatic rings. The molecular formula is C14H18N2O3. The highest BCUT2D eigenvalue weighted by Gasteiger charge is 2.27. The fourth-order valence-electron chi connectivity index (χ4n) is 2.42. The Hall–Kier alpha value is -1.75. The average molecular weight is 262 g/mol. The molecule has 19 heavy (non-hydrogen) atoms. The Morgan fingerprint density at radius 1 is 1.37 bits per heavy atom. The Morgan fingerprint density at radius 3 is 3.00 bits per heavy atom. The number of carbonyl (C=O) groups excluding carboxylic acids is 1. The molecule has 2 aliphatic heterocycles. The van der Waals surface area contributed by atoms with Crippen LogP contribution >= 0.6 is 0 Å². The van der Waals surface area contributed by atoms with Crippen LogP contribution in [0.15, 0.2) is 24.3 Å². The summed E-state index contributed by atoms with van der Waals surface area (Å²) in [7, 11) is 0. The molecular weight excluding hydrogens is 244 g/mol. The quantitative estimate of drug-likeness (QED) is 0.841. The van der Waals surface area contributed by atoms with Crippen molar-refractivity contribution in [3.05, 3.63) is 24.3 Å². The van der Waals surface area contributed by atoms with E-state index in [1.165, 1.54) is 6.42 Å². The number of nitrogens with one attached hydrogen (secondary N) is 2. The number of hydrogen-bond donors (Lipinski definition) is 2. The van der Waals surface area contributed by atoms with E-state index in [4.69, 9.17) is 9.47 Å². The number of fused-ring (bicyclic) bond motifs is 1. The van der Waals surface area contributed by atoms with Crippen LogP contribution in [0.2, 0.25) is 0 Å². The van der Waals surface area contributed by atoms with E-state index in [-0.39, 0.29) is 12.5 Å². The maximum absolute atomic E-state index is 12.0. The first-order chi connectivity index (χ1) is 9.33. The minimum Gasteiger partial charge on any atom is -0.485 e. The molecule has 1 saturated heterocycles. The van der Waals surface area contributed by atoms with Crippen molar-refractivity contribution in [3.63, 3.8) is 0 Å². The molecule has 1 aromatic carbocycles. The molecule has 0 aromatic heterocycles. The molecule has 102 valence electrons. The highest BCUT2D eigenvalue weighted by atomic mass is 16.6. The molecule has 0 spiro atoms. The van der Waals surface area contributed by atoms with Gasteiger partial charge in [0.25, 0.3) is 5.91 Å². The molecule has 2 atom stereocenters. The van der Waals surface area contributed by atoms with Crippen molar-refractivity contribution in [2.45, 2.75) is 25.0 Å². The van der Waals surface area contributed by atoms with Crippen LogP contribution in [-0.2, 0) is 4.79 Å². The van der Waals surface area contributed by atoms with Crippen molar-refractivity contribution in [1.82, 2.24) is 10.6 Å². The SMILES string of the molecule is O=C(NC[C@@H]1CCCN1)[C@@H]1COc2ccccc2O1. The second-order valence-corrected chi connectivity index (χ2v) is 4.90. The fraction of sp³-hybridized carbons (Fsp3) is 0.500. The summed E-state index contributed by atoms with van der Waals surface area (Å²) in [5.74, 6) is 1.22. The number of benzene rings is 1. The highest BCUT2D eigenvalue weighted by Crippen LogP contribution is 2.30. The average Bonchev–Trinajstić information content (AvgIpc) is 2.97. The molecule has 1 amide bonds. The normalized spacial score (nSPS) is 25.1. The number of ether oxygens (including phenoxy) is 2. The smallest absolute Gasteiger partial charge is 0.264 e. The monoisotopic (exact) mass is 262 g/mol. The van der Waals surface area contributed by atoms with E-state index in [9.17, 15) is 4.79 Å². The Bertz CT molecular complexity index is 458. The van der Waals surface area contributed by atoms with Gasteiger partial charge in [0, 0.05) is 12.6 Å². The number of hydrogen-bond acceptors (Lipinski definition) is 4. The number of amides is 1. The van der Waals surface area contributed by atoms with Gasteiger partial charge in [0.1, 0.15) is 6.61 Å². The van der Waals surface area contributed by atoms with Crippen LogP contribution in [0.3, 0.4) is 0 Å². The van der Waals surface area contributed by atoms with Gasteiger partial charge in [0.15, 0.2) is 11.5 Å². The molecule has 1 fully saturated rings. The Labute approximate surface area is 112 Å². The Balaban J connectivity index is 1.54. The van der Waals surface area contributed by atoms with E-state index >= 15 is 0 Å². The third kappa shape index (κ3) is 2.81. The number of carbonyl (C=O) groups is 1. The standard InChI is InChI=1S/C14H18N2O3/c17-14(16-8-10-4-3-7-15-10)13-9-18-11-5-1-2-6-12(11)19-13/h1-2,5-6,10,13,15H,3-4,7-9H2,(H,16,17)/t10-,13-/m0/s1. The van der Waals surface area contributed by atoms with Gasteiger partial charge in [-0.2, -0.15) is 0 Å². The third-order valence-corrected chi connectivity index (χ3v) is 3.49. The van der Waals surface area contributed by atoms with E-state index in [1.54, 1.807) is 0 Å². The fourth-order valence-corrected chi connectivity index (χ4v) is 2.42. The molecule has 2 aliphatic rings. The van der Waals surface area contributed by atoms with Gasteiger partial charge < -0.3 is 20.1 Å². The molecule has 5 heteroatoms. The van der Waals surface area contributed by atoms with Gasteiger partial charge in [-0.25, -0.2) is 0 Å². The first-order valence-electron chi connectivity index (χ1n) is 6.72. The maximum Gasteiger partial charge on any atom is 0.264 e. The van der Waals surface area contributed by atoms with E-state index in [2.05, 4.69) is 10.6 Å². The lowest BCUT2D eigenvalue weighted by molar-refractivity contribution is -0.130. The lowest BCUT2D eigenvalue weighted by atomic mass is 10.2. The lowest BCUT2D eigenvalue weighted by Gasteiger charge is -2.26. The van der Waals surface area contributed by atoms with E-state index in [0.717, 1.165) is 13.0 Å². The molecule has 3 rings (SSSR count). The molecule has 2 heterocycles. The Morgan fingerprint density at radius 2 is 2.21 bits per heavy atom. The molecule has 0 bridgehead atoms. The second kappa shape index (κ2) is 5.48. The van der Waals surface area contributed by atoms with Gasteiger partial charge in [0.2, 0.25) is 6.10 Å². The molecule has 5 nitrogen and oxygen atoms in total. The summed E-state index contributed by atoms with van der Waals surface area (Å²) in [6.07, 6.45) is 1.73. The van der Waals surface area contributed by atoms with Crippen molar-refractivity contribution in [2.24, 2.45) is 0 Å². The zero-order valence-electron chi connectivity index (χ0n) is 10.7. The maximum atomic E-state index is 12.0. The van der Waals surface area contributed by atoms with Gasteiger partial charge in [-0.05, 0) is 31.5 Å². The van der Waals surface area contributed by atoms with E-state index in [1.807, 2.05) is 24.3 Å². The van der Waals surface area contributed by atoms with Gasteiger partial charge in [-0.3, -0.25) is 4.79 Å². The van der Waals surface area contributed by atoms with Gasteiger partial charge >= 0.3 is 0 Å². The highest BCUT2D eigenvalue weighted by molar-refractivity contribution is 5.81. The van der Waals surface area contributed by atoms with Gasteiger partial charge in [0.05, 0.1) is 0 Å². The summed E-state index contributed by atoms with van der Waals surface area (Å²) >= 11 is 0. The summed E-state index contributed by atoms with van der Waals surface area (Å²) in [5, 5.41) is 6.26. The number of rotatable bonds is 3. The van der Waals surface area contributed by atoms with Crippen LogP contribution in [0.25, 0.3) is 0 Å². The van der Waals surface area contributed by atoms with Gasteiger partial charge in [-0.15, -0.1) is 0 Å². The van der Waals surface area contributed by atoms with E-state index < -0.39 is 6.10 Å². The zero-order chi connectivity index (χ0) is 13.1. The minimum atomic E-state index is -0.559.